The second-order valence-corrected chi connectivity index (χ2v) is 7.07. The molecule has 5 rings (SSSR count). The number of anilines is 2. The highest BCUT2D eigenvalue weighted by atomic mass is 16.5. The maximum absolute atomic E-state index is 6.22. The predicted molar refractivity (Wildman–Crippen MR) is 101 cm³/mol. The van der Waals surface area contributed by atoms with Gasteiger partial charge in [-0.1, -0.05) is 6.07 Å². The third-order valence-corrected chi connectivity index (χ3v) is 5.24. The van der Waals surface area contributed by atoms with Crippen LogP contribution in [-0.2, 0) is 13.7 Å². The van der Waals surface area contributed by atoms with E-state index in [4.69, 9.17) is 4.74 Å². The lowest BCUT2D eigenvalue weighted by Gasteiger charge is -2.28. The lowest BCUT2D eigenvalue weighted by Crippen LogP contribution is -2.39. The van der Waals surface area contributed by atoms with Gasteiger partial charge in [-0.3, -0.25) is 4.68 Å². The second-order valence-electron chi connectivity index (χ2n) is 7.07. The van der Waals surface area contributed by atoms with Gasteiger partial charge in [0.15, 0.2) is 0 Å². The maximum atomic E-state index is 6.22. The van der Waals surface area contributed by atoms with Crippen molar-refractivity contribution in [1.82, 2.24) is 20.1 Å². The number of hydrogen-bond donors (Lipinski definition) is 2. The van der Waals surface area contributed by atoms with Crippen molar-refractivity contribution in [3.8, 4) is 16.9 Å². The first-order valence-corrected chi connectivity index (χ1v) is 8.91. The van der Waals surface area contributed by atoms with E-state index in [9.17, 15) is 0 Å². The molecule has 0 unspecified atom stereocenters. The first-order chi connectivity index (χ1) is 12.7. The fourth-order valence-corrected chi connectivity index (χ4v) is 3.70. The molecule has 1 saturated heterocycles. The minimum atomic E-state index is 0.485. The third-order valence-electron chi connectivity index (χ3n) is 5.24. The van der Waals surface area contributed by atoms with Crippen LogP contribution in [0.1, 0.15) is 22.6 Å². The number of nitrogens with one attached hydrogen (secondary N) is 2. The van der Waals surface area contributed by atoms with Crippen LogP contribution in [0.15, 0.2) is 36.8 Å². The molecule has 0 atom stereocenters. The van der Waals surface area contributed by atoms with E-state index in [2.05, 4.69) is 39.8 Å². The molecule has 1 fully saturated rings. The quantitative estimate of drug-likeness (QED) is 0.746. The van der Waals surface area contributed by atoms with Crippen molar-refractivity contribution in [1.29, 1.82) is 0 Å². The molecule has 2 aliphatic heterocycles. The molecule has 0 spiro atoms. The van der Waals surface area contributed by atoms with Crippen LogP contribution in [0.25, 0.3) is 11.1 Å². The molecule has 0 radical (unpaired) electrons. The molecular weight excluding hydrogens is 326 g/mol. The van der Waals surface area contributed by atoms with Crippen molar-refractivity contribution >= 4 is 11.5 Å². The van der Waals surface area contributed by atoms with Crippen molar-refractivity contribution in [2.75, 3.05) is 18.4 Å². The molecule has 1 aromatic carbocycles. The molecule has 0 aliphatic carbocycles. The van der Waals surface area contributed by atoms with Crippen LogP contribution >= 0.6 is 0 Å². The summed E-state index contributed by atoms with van der Waals surface area (Å²) < 4.78 is 8.03. The zero-order valence-electron chi connectivity index (χ0n) is 14.9. The predicted octanol–water partition coefficient (Wildman–Crippen LogP) is 3.11. The van der Waals surface area contributed by atoms with Gasteiger partial charge >= 0.3 is 0 Å². The Hall–Kier alpha value is -2.86. The number of aryl methyl sites for hydroxylation is 2. The molecule has 2 aliphatic rings. The standard InChI is InChI=1S/C20H21N5O/c1-12-5-13(14-7-21-8-14)6-18-19(12)26-11-17-16(3-4-22-20(17)24-18)15-9-23-25(2)10-15/h3-6,9-10,14,21H,7-8,11H2,1-2H3,(H,22,24). The van der Waals surface area contributed by atoms with Gasteiger partial charge in [-0.05, 0) is 35.7 Å². The molecule has 2 aromatic heterocycles. The summed E-state index contributed by atoms with van der Waals surface area (Å²) >= 11 is 0. The van der Waals surface area contributed by atoms with Gasteiger partial charge in [-0.25, -0.2) is 4.98 Å². The summed E-state index contributed by atoms with van der Waals surface area (Å²) in [5, 5.41) is 11.2. The van der Waals surface area contributed by atoms with E-state index in [1.165, 1.54) is 5.56 Å². The molecule has 0 amide bonds. The Labute approximate surface area is 152 Å². The highest BCUT2D eigenvalue weighted by Crippen LogP contribution is 2.40. The van der Waals surface area contributed by atoms with Gasteiger partial charge in [0.25, 0.3) is 0 Å². The number of aromatic nitrogens is 3. The fourth-order valence-electron chi connectivity index (χ4n) is 3.70. The van der Waals surface area contributed by atoms with E-state index in [0.29, 0.717) is 12.5 Å². The molecule has 0 bridgehead atoms. The summed E-state index contributed by atoms with van der Waals surface area (Å²) in [5.41, 5.74) is 6.74. The lowest BCUT2D eigenvalue weighted by atomic mass is 9.92. The normalized spacial score (nSPS) is 15.9. The van der Waals surface area contributed by atoms with Crippen molar-refractivity contribution in [3.63, 3.8) is 0 Å². The molecule has 132 valence electrons. The summed E-state index contributed by atoms with van der Waals surface area (Å²) in [6.45, 7) is 4.68. The van der Waals surface area contributed by atoms with Crippen molar-refractivity contribution in [3.05, 3.63) is 53.5 Å². The molecule has 0 saturated carbocycles. The Kier molecular flexibility index (Phi) is 3.46. The fraction of sp³-hybridized carbons (Fsp3) is 0.300. The van der Waals surface area contributed by atoms with Gasteiger partial charge in [0.05, 0.1) is 11.9 Å². The van der Waals surface area contributed by atoms with Gasteiger partial charge < -0.3 is 15.4 Å². The molecular formula is C20H21N5O. The number of rotatable bonds is 2. The summed E-state index contributed by atoms with van der Waals surface area (Å²) in [4.78, 5) is 4.58. The topological polar surface area (TPSA) is 64.0 Å². The van der Waals surface area contributed by atoms with Crippen LogP contribution in [0.3, 0.4) is 0 Å². The molecule has 6 nitrogen and oxygen atoms in total. The van der Waals surface area contributed by atoms with Gasteiger partial charge in [0, 0.05) is 49.6 Å². The van der Waals surface area contributed by atoms with Gasteiger partial charge in [-0.15, -0.1) is 0 Å². The maximum Gasteiger partial charge on any atom is 0.146 e. The van der Waals surface area contributed by atoms with E-state index in [-0.39, 0.29) is 0 Å². The lowest BCUT2D eigenvalue weighted by molar-refractivity contribution is 0.308. The average molecular weight is 347 g/mol. The van der Waals surface area contributed by atoms with Crippen molar-refractivity contribution in [2.45, 2.75) is 19.4 Å². The number of ether oxygens (including phenoxy) is 1. The van der Waals surface area contributed by atoms with Crippen molar-refractivity contribution in [2.24, 2.45) is 7.05 Å². The Bertz CT molecular complexity index is 990. The monoisotopic (exact) mass is 347 g/mol. The van der Waals surface area contributed by atoms with Crippen LogP contribution in [0.5, 0.6) is 5.75 Å². The minimum absolute atomic E-state index is 0.485. The first kappa shape index (κ1) is 15.4. The van der Waals surface area contributed by atoms with Gasteiger partial charge in [0.2, 0.25) is 0 Å². The molecule has 26 heavy (non-hydrogen) atoms. The van der Waals surface area contributed by atoms with Crippen LogP contribution in [-0.4, -0.2) is 27.9 Å². The summed E-state index contributed by atoms with van der Waals surface area (Å²) in [7, 11) is 1.92. The highest BCUT2D eigenvalue weighted by molar-refractivity contribution is 5.77. The number of hydrogen-bond acceptors (Lipinski definition) is 5. The Morgan fingerprint density at radius 2 is 2.15 bits per heavy atom. The largest absolute Gasteiger partial charge is 0.486 e. The Morgan fingerprint density at radius 3 is 2.88 bits per heavy atom. The summed E-state index contributed by atoms with van der Waals surface area (Å²) in [6, 6.07) is 6.48. The van der Waals surface area contributed by atoms with Crippen LogP contribution in [0, 0.1) is 6.92 Å². The SMILES string of the molecule is Cc1cc(C2CNC2)cc2c1OCc1c(-c3cnn(C)c3)ccnc1N2. The minimum Gasteiger partial charge on any atom is -0.486 e. The zero-order valence-corrected chi connectivity index (χ0v) is 14.9. The third kappa shape index (κ3) is 2.45. The Morgan fingerprint density at radius 1 is 1.27 bits per heavy atom. The van der Waals surface area contributed by atoms with E-state index in [0.717, 1.165) is 52.6 Å². The number of nitrogens with zero attached hydrogens (tertiary/aromatic N) is 3. The molecule has 6 heteroatoms. The van der Waals surface area contributed by atoms with Crippen LogP contribution < -0.4 is 15.4 Å². The van der Waals surface area contributed by atoms with Crippen LogP contribution in [0.4, 0.5) is 11.5 Å². The van der Waals surface area contributed by atoms with Gasteiger partial charge in [0.1, 0.15) is 18.2 Å². The number of fused-ring (bicyclic) bond motifs is 2. The highest BCUT2D eigenvalue weighted by Gasteiger charge is 2.24. The summed E-state index contributed by atoms with van der Waals surface area (Å²) in [5.74, 6) is 2.35. The molecule has 3 aromatic rings. The molecule has 4 heterocycles. The zero-order chi connectivity index (χ0) is 17.7. The average Bonchev–Trinajstić information content (AvgIpc) is 2.90. The molecule has 2 N–H and O–H groups in total. The summed E-state index contributed by atoms with van der Waals surface area (Å²) in [6.07, 6.45) is 5.73. The number of benzene rings is 1. The van der Waals surface area contributed by atoms with E-state index < -0.39 is 0 Å². The van der Waals surface area contributed by atoms with Crippen LogP contribution in [0.2, 0.25) is 0 Å². The Balaban J connectivity index is 1.58. The van der Waals surface area contributed by atoms with Crippen molar-refractivity contribution < 1.29 is 4.74 Å². The van der Waals surface area contributed by atoms with E-state index in [1.807, 2.05) is 36.4 Å². The second kappa shape index (κ2) is 5.85. The number of pyridine rings is 1. The smallest absolute Gasteiger partial charge is 0.146 e. The van der Waals surface area contributed by atoms with Gasteiger partial charge in [-0.2, -0.15) is 5.10 Å². The first-order valence-electron chi connectivity index (χ1n) is 8.91. The van der Waals surface area contributed by atoms with E-state index >= 15 is 0 Å². The van der Waals surface area contributed by atoms with E-state index in [1.54, 1.807) is 0 Å².